The predicted octanol–water partition coefficient (Wildman–Crippen LogP) is 6.90. The molecule has 1 aromatic heterocycles. The van der Waals surface area contributed by atoms with E-state index in [4.69, 9.17) is 28.3 Å². The normalized spacial score (nSPS) is 28.1. The summed E-state index contributed by atoms with van der Waals surface area (Å²) in [5.74, 6) is 2.08. The van der Waals surface area contributed by atoms with Gasteiger partial charge in [0.05, 0.1) is 32.7 Å². The smallest absolute Gasteiger partial charge is 0.259 e. The lowest BCUT2D eigenvalue weighted by molar-refractivity contribution is -0.00765. The highest BCUT2D eigenvalue weighted by atomic mass is 35.5. The molecule has 0 unspecified atom stereocenters. The highest BCUT2D eigenvalue weighted by Crippen LogP contribution is 2.61. The first-order valence-corrected chi connectivity index (χ1v) is 12.2. The maximum atomic E-state index is 13.6. The number of rotatable bonds is 4. The van der Waals surface area contributed by atoms with Crippen LogP contribution in [0.5, 0.6) is 0 Å². The second-order valence-electron chi connectivity index (χ2n) is 9.92. The van der Waals surface area contributed by atoms with Gasteiger partial charge < -0.3 is 5.32 Å². The van der Waals surface area contributed by atoms with Crippen LogP contribution in [-0.4, -0.2) is 15.7 Å². The molecule has 4 bridgehead atoms. The van der Waals surface area contributed by atoms with Crippen LogP contribution in [0.4, 0.5) is 5.69 Å². The van der Waals surface area contributed by atoms with Gasteiger partial charge in [-0.2, -0.15) is 5.10 Å². The summed E-state index contributed by atoms with van der Waals surface area (Å²) in [6.45, 7) is 0. The number of aromatic nitrogens is 2. The monoisotopic (exact) mass is 465 g/mol. The van der Waals surface area contributed by atoms with Crippen molar-refractivity contribution in [2.24, 2.45) is 17.8 Å². The van der Waals surface area contributed by atoms with Crippen molar-refractivity contribution in [3.8, 4) is 5.69 Å². The second kappa shape index (κ2) is 7.64. The van der Waals surface area contributed by atoms with Gasteiger partial charge in [0.2, 0.25) is 0 Å². The molecule has 1 heterocycles. The number of nitrogens with one attached hydrogen (secondary N) is 1. The van der Waals surface area contributed by atoms with Gasteiger partial charge in [-0.05, 0) is 80.5 Å². The van der Waals surface area contributed by atoms with Crippen molar-refractivity contribution in [2.75, 3.05) is 5.32 Å². The number of amides is 1. The summed E-state index contributed by atoms with van der Waals surface area (Å²) >= 11 is 12.7. The average Bonchev–Trinajstić information content (AvgIpc) is 3.23. The van der Waals surface area contributed by atoms with Gasteiger partial charge in [0.1, 0.15) is 0 Å². The fourth-order valence-corrected chi connectivity index (χ4v) is 7.34. The Bertz CT molecular complexity index is 1130. The quantitative estimate of drug-likeness (QED) is 0.455. The summed E-state index contributed by atoms with van der Waals surface area (Å²) in [4.78, 5) is 13.6. The van der Waals surface area contributed by atoms with Crippen molar-refractivity contribution < 1.29 is 4.79 Å². The van der Waals surface area contributed by atoms with Crippen LogP contribution in [0.1, 0.15) is 54.6 Å². The Morgan fingerprint density at radius 3 is 2.09 bits per heavy atom. The number of carbonyl (C=O) groups is 1. The fourth-order valence-electron chi connectivity index (χ4n) is 6.84. The third-order valence-corrected chi connectivity index (χ3v) is 8.35. The van der Waals surface area contributed by atoms with Gasteiger partial charge >= 0.3 is 0 Å². The first-order chi connectivity index (χ1) is 15.5. The number of benzene rings is 2. The van der Waals surface area contributed by atoms with Crippen LogP contribution in [-0.2, 0) is 5.41 Å². The molecule has 0 spiro atoms. The van der Waals surface area contributed by atoms with Crippen LogP contribution in [0.3, 0.4) is 0 Å². The number of hydrogen-bond donors (Lipinski definition) is 1. The molecule has 0 atom stereocenters. The van der Waals surface area contributed by atoms with E-state index in [1.54, 1.807) is 18.2 Å². The molecule has 4 fully saturated rings. The molecular weight excluding hydrogens is 441 g/mol. The van der Waals surface area contributed by atoms with E-state index in [0.29, 0.717) is 21.3 Å². The minimum Gasteiger partial charge on any atom is -0.319 e. The van der Waals surface area contributed by atoms with Crippen molar-refractivity contribution in [1.29, 1.82) is 0 Å². The van der Waals surface area contributed by atoms with Gasteiger partial charge in [0.25, 0.3) is 5.91 Å². The number of hydrogen-bond acceptors (Lipinski definition) is 2. The summed E-state index contributed by atoms with van der Waals surface area (Å²) < 4.78 is 1.86. The summed E-state index contributed by atoms with van der Waals surface area (Å²) in [5.41, 5.74) is 2.97. The molecule has 4 nitrogen and oxygen atoms in total. The number of nitrogens with zero attached hydrogens (tertiary/aromatic N) is 2. The predicted molar refractivity (Wildman–Crippen MR) is 128 cm³/mol. The summed E-state index contributed by atoms with van der Waals surface area (Å²) in [6.07, 6.45) is 9.32. The second-order valence-corrected chi connectivity index (χ2v) is 10.7. The molecule has 4 aliphatic carbocycles. The van der Waals surface area contributed by atoms with Gasteiger partial charge in [0.15, 0.2) is 0 Å². The van der Waals surface area contributed by atoms with Gasteiger partial charge in [-0.25, -0.2) is 4.68 Å². The van der Waals surface area contributed by atoms with Crippen LogP contribution in [0.2, 0.25) is 10.0 Å². The largest absolute Gasteiger partial charge is 0.319 e. The SMILES string of the molecule is O=C(Nc1c(Cl)cccc1Cl)c1cn(-c2ccccc2)nc1C12CC3CC(CC(C3)C1)C2. The zero-order valence-corrected chi connectivity index (χ0v) is 19.2. The van der Waals surface area contributed by atoms with Crippen LogP contribution < -0.4 is 5.32 Å². The highest BCUT2D eigenvalue weighted by Gasteiger charge is 2.53. The Morgan fingerprint density at radius 1 is 0.906 bits per heavy atom. The van der Waals surface area contributed by atoms with Crippen molar-refractivity contribution in [3.05, 3.63) is 76.0 Å². The Morgan fingerprint density at radius 2 is 1.50 bits per heavy atom. The maximum Gasteiger partial charge on any atom is 0.259 e. The number of para-hydroxylation sites is 2. The van der Waals surface area contributed by atoms with E-state index >= 15 is 0 Å². The summed E-state index contributed by atoms with van der Waals surface area (Å²) in [5, 5.41) is 8.90. The number of carbonyl (C=O) groups excluding carboxylic acids is 1. The molecule has 1 N–H and O–H groups in total. The van der Waals surface area contributed by atoms with Crippen LogP contribution >= 0.6 is 23.2 Å². The van der Waals surface area contributed by atoms with E-state index in [1.807, 2.05) is 41.2 Å². The van der Waals surface area contributed by atoms with Crippen LogP contribution in [0.25, 0.3) is 5.69 Å². The lowest BCUT2D eigenvalue weighted by atomic mass is 9.48. The first kappa shape index (κ1) is 20.3. The maximum absolute atomic E-state index is 13.6. The molecule has 1 amide bonds. The topological polar surface area (TPSA) is 46.9 Å². The van der Waals surface area contributed by atoms with E-state index in [0.717, 1.165) is 48.4 Å². The highest BCUT2D eigenvalue weighted by molar-refractivity contribution is 6.40. The molecule has 3 aromatic rings. The van der Waals surface area contributed by atoms with Gasteiger partial charge in [-0.3, -0.25) is 4.79 Å². The Hall–Kier alpha value is -2.30. The lowest BCUT2D eigenvalue weighted by Gasteiger charge is -2.56. The third kappa shape index (κ3) is 3.36. The standard InChI is InChI=1S/C26H25Cl2N3O/c27-21-7-4-8-22(28)23(21)29-25(32)20-15-31(19-5-2-1-3-6-19)30-24(20)26-12-16-9-17(13-26)11-18(10-16)14-26/h1-8,15-18H,9-14H2,(H,29,32). The molecule has 4 saturated carbocycles. The molecule has 0 aliphatic heterocycles. The van der Waals surface area contributed by atoms with E-state index in [9.17, 15) is 4.79 Å². The molecule has 0 saturated heterocycles. The van der Waals surface area contributed by atoms with Gasteiger partial charge in [-0.15, -0.1) is 0 Å². The lowest BCUT2D eigenvalue weighted by Crippen LogP contribution is -2.49. The zero-order chi connectivity index (χ0) is 21.9. The average molecular weight is 466 g/mol. The third-order valence-electron chi connectivity index (χ3n) is 7.72. The minimum atomic E-state index is -0.201. The Balaban J connectivity index is 1.44. The molecule has 7 rings (SSSR count). The molecule has 164 valence electrons. The van der Waals surface area contributed by atoms with Crippen molar-refractivity contribution in [1.82, 2.24) is 9.78 Å². The van der Waals surface area contributed by atoms with E-state index in [-0.39, 0.29) is 11.3 Å². The fraction of sp³-hybridized carbons (Fsp3) is 0.385. The number of halogens is 2. The van der Waals surface area contributed by atoms with Gasteiger partial charge in [-0.1, -0.05) is 47.5 Å². The number of anilines is 1. The van der Waals surface area contributed by atoms with E-state index in [1.165, 1.54) is 19.3 Å². The van der Waals surface area contributed by atoms with Crippen molar-refractivity contribution in [2.45, 2.75) is 43.9 Å². The summed E-state index contributed by atoms with van der Waals surface area (Å²) in [7, 11) is 0. The Labute approximate surface area is 197 Å². The van der Waals surface area contributed by atoms with E-state index < -0.39 is 0 Å². The molecule has 6 heteroatoms. The molecule has 2 aromatic carbocycles. The van der Waals surface area contributed by atoms with Crippen LogP contribution in [0.15, 0.2) is 54.7 Å². The van der Waals surface area contributed by atoms with Gasteiger partial charge in [0, 0.05) is 11.6 Å². The first-order valence-electron chi connectivity index (χ1n) is 11.4. The molecule has 0 radical (unpaired) electrons. The molecule has 4 aliphatic rings. The van der Waals surface area contributed by atoms with E-state index in [2.05, 4.69) is 5.32 Å². The Kier molecular flexibility index (Phi) is 4.85. The molecule has 32 heavy (non-hydrogen) atoms. The zero-order valence-electron chi connectivity index (χ0n) is 17.7. The van der Waals surface area contributed by atoms with Crippen molar-refractivity contribution >= 4 is 34.8 Å². The summed E-state index contributed by atoms with van der Waals surface area (Å²) in [6, 6.07) is 15.2. The molecular formula is C26H25Cl2N3O. The minimum absolute atomic E-state index is 0.00820. The van der Waals surface area contributed by atoms with Crippen LogP contribution in [0, 0.1) is 17.8 Å². The van der Waals surface area contributed by atoms with Crippen molar-refractivity contribution in [3.63, 3.8) is 0 Å².